The molecule has 1 aliphatic rings. The number of nitrogens with one attached hydrogen (secondary N) is 3. The summed E-state index contributed by atoms with van der Waals surface area (Å²) in [5.41, 5.74) is 3.38. The Hall–Kier alpha value is -4.27. The van der Waals surface area contributed by atoms with Crippen LogP contribution in [0.1, 0.15) is 29.9 Å². The van der Waals surface area contributed by atoms with Gasteiger partial charge in [0.1, 0.15) is 17.3 Å². The fourth-order valence-electron chi connectivity index (χ4n) is 4.22. The van der Waals surface area contributed by atoms with Gasteiger partial charge in [0.05, 0.1) is 14.2 Å². The van der Waals surface area contributed by atoms with Crippen molar-refractivity contribution in [3.05, 3.63) is 71.9 Å². The van der Waals surface area contributed by atoms with Crippen LogP contribution in [0.2, 0.25) is 0 Å². The lowest BCUT2D eigenvalue weighted by Crippen LogP contribution is -2.40. The van der Waals surface area contributed by atoms with Crippen LogP contribution in [-0.4, -0.2) is 49.3 Å². The summed E-state index contributed by atoms with van der Waals surface area (Å²) in [5.74, 6) is 2.13. The number of amides is 4. The minimum atomic E-state index is -0.361. The quantitative estimate of drug-likeness (QED) is 0.426. The Bertz CT molecular complexity index is 1180. The number of methoxy groups -OCH3 is 2. The molecule has 0 atom stereocenters. The molecule has 0 bridgehead atoms. The molecule has 0 saturated carbocycles. The van der Waals surface area contributed by atoms with Gasteiger partial charge in [0.15, 0.2) is 0 Å². The van der Waals surface area contributed by atoms with Crippen molar-refractivity contribution >= 4 is 29.3 Å². The van der Waals surface area contributed by atoms with Crippen LogP contribution in [-0.2, 0) is 0 Å². The molecular formula is C27H31N5O4. The van der Waals surface area contributed by atoms with Crippen LogP contribution in [0, 0.1) is 6.92 Å². The summed E-state index contributed by atoms with van der Waals surface area (Å²) >= 11 is 0. The largest absolute Gasteiger partial charge is 0.497 e. The topological polar surface area (TPSA) is 105 Å². The first-order chi connectivity index (χ1) is 17.4. The molecule has 4 amide bonds. The molecule has 3 N–H and O–H groups in total. The number of rotatable bonds is 6. The summed E-state index contributed by atoms with van der Waals surface area (Å²) in [5, 5.41) is 8.55. The van der Waals surface area contributed by atoms with E-state index in [1.165, 1.54) is 5.56 Å². The zero-order chi connectivity index (χ0) is 25.5. The third-order valence-electron chi connectivity index (χ3n) is 6.27. The number of aromatic nitrogens is 1. The molecule has 1 saturated heterocycles. The summed E-state index contributed by atoms with van der Waals surface area (Å²) in [6.45, 7) is 3.27. The zero-order valence-electron chi connectivity index (χ0n) is 20.7. The van der Waals surface area contributed by atoms with E-state index in [1.807, 2.05) is 48.2 Å². The van der Waals surface area contributed by atoms with E-state index in [0.717, 1.165) is 18.4 Å². The van der Waals surface area contributed by atoms with Gasteiger partial charge in [0, 0.05) is 48.9 Å². The fraction of sp³-hybridized carbons (Fsp3) is 0.296. The highest BCUT2D eigenvalue weighted by Crippen LogP contribution is 2.30. The van der Waals surface area contributed by atoms with Gasteiger partial charge in [0.25, 0.3) is 0 Å². The predicted molar refractivity (Wildman–Crippen MR) is 140 cm³/mol. The van der Waals surface area contributed by atoms with Gasteiger partial charge in [-0.05, 0) is 55.0 Å². The standard InChI is InChI=1S/C27H31N5O4/c1-18-5-4-12-28-25(18)31-27(34)32-13-10-20(11-14-32)19-6-8-21(9-7-19)29-26(33)30-22-15-23(35-2)17-24(16-22)36-3/h4-9,12,15-17,20H,10-11,13-14H2,1-3H3,(H,28,31,34)(H2,29,30,33). The lowest BCUT2D eigenvalue weighted by molar-refractivity contribution is 0.194. The van der Waals surface area contributed by atoms with E-state index in [-0.39, 0.29) is 12.1 Å². The molecule has 9 nitrogen and oxygen atoms in total. The van der Waals surface area contributed by atoms with E-state index in [9.17, 15) is 9.59 Å². The molecule has 2 heterocycles. The van der Waals surface area contributed by atoms with Crippen LogP contribution >= 0.6 is 0 Å². The maximum Gasteiger partial charge on any atom is 0.323 e. The van der Waals surface area contributed by atoms with Gasteiger partial charge in [-0.2, -0.15) is 0 Å². The number of ether oxygens (including phenoxy) is 2. The highest BCUT2D eigenvalue weighted by atomic mass is 16.5. The van der Waals surface area contributed by atoms with Crippen molar-refractivity contribution < 1.29 is 19.1 Å². The van der Waals surface area contributed by atoms with Gasteiger partial charge in [-0.15, -0.1) is 0 Å². The molecule has 2 aromatic carbocycles. The number of piperidine rings is 1. The van der Waals surface area contributed by atoms with Crippen molar-refractivity contribution in [2.24, 2.45) is 0 Å². The van der Waals surface area contributed by atoms with Crippen molar-refractivity contribution in [3.8, 4) is 11.5 Å². The van der Waals surface area contributed by atoms with Gasteiger partial charge < -0.3 is 25.0 Å². The molecule has 188 valence electrons. The average molecular weight is 490 g/mol. The van der Waals surface area contributed by atoms with Gasteiger partial charge in [-0.1, -0.05) is 18.2 Å². The Balaban J connectivity index is 1.28. The second-order valence-corrected chi connectivity index (χ2v) is 8.66. The summed E-state index contributed by atoms with van der Waals surface area (Å²) in [7, 11) is 3.11. The van der Waals surface area contributed by atoms with Gasteiger partial charge in [0.2, 0.25) is 0 Å². The highest BCUT2D eigenvalue weighted by Gasteiger charge is 2.24. The predicted octanol–water partition coefficient (Wildman–Crippen LogP) is 5.46. The van der Waals surface area contributed by atoms with Crippen molar-refractivity contribution in [1.82, 2.24) is 9.88 Å². The fourth-order valence-corrected chi connectivity index (χ4v) is 4.22. The van der Waals surface area contributed by atoms with E-state index in [2.05, 4.69) is 20.9 Å². The molecule has 3 aromatic rings. The van der Waals surface area contributed by atoms with Crippen molar-refractivity contribution in [3.63, 3.8) is 0 Å². The van der Waals surface area contributed by atoms with Crippen molar-refractivity contribution in [2.75, 3.05) is 43.3 Å². The van der Waals surface area contributed by atoms with E-state index in [4.69, 9.17) is 9.47 Å². The number of nitrogens with zero attached hydrogens (tertiary/aromatic N) is 2. The molecule has 0 unspecified atom stereocenters. The van der Waals surface area contributed by atoms with Crippen LogP contribution in [0.3, 0.4) is 0 Å². The monoisotopic (exact) mass is 489 g/mol. The number of urea groups is 2. The smallest absolute Gasteiger partial charge is 0.323 e. The molecule has 1 aliphatic heterocycles. The maximum absolute atomic E-state index is 12.6. The molecule has 1 aromatic heterocycles. The number of benzene rings is 2. The number of hydrogen-bond acceptors (Lipinski definition) is 5. The number of pyridine rings is 1. The first-order valence-electron chi connectivity index (χ1n) is 11.8. The average Bonchev–Trinajstić information content (AvgIpc) is 2.90. The molecular weight excluding hydrogens is 458 g/mol. The second kappa shape index (κ2) is 11.4. The van der Waals surface area contributed by atoms with Crippen LogP contribution < -0.4 is 25.4 Å². The van der Waals surface area contributed by atoms with E-state index < -0.39 is 0 Å². The van der Waals surface area contributed by atoms with Crippen LogP contribution in [0.15, 0.2) is 60.8 Å². The van der Waals surface area contributed by atoms with E-state index in [1.54, 1.807) is 38.6 Å². The SMILES string of the molecule is COc1cc(NC(=O)Nc2ccc(C3CCN(C(=O)Nc4ncccc4C)CC3)cc2)cc(OC)c1. The van der Waals surface area contributed by atoms with E-state index in [0.29, 0.717) is 47.7 Å². The Labute approximate surface area is 210 Å². The summed E-state index contributed by atoms with van der Waals surface area (Å²) in [4.78, 5) is 31.2. The number of carbonyl (C=O) groups excluding carboxylic acids is 2. The van der Waals surface area contributed by atoms with Gasteiger partial charge in [-0.3, -0.25) is 5.32 Å². The lowest BCUT2D eigenvalue weighted by Gasteiger charge is -2.32. The Morgan fingerprint density at radius 3 is 2.14 bits per heavy atom. The zero-order valence-corrected chi connectivity index (χ0v) is 20.7. The lowest BCUT2D eigenvalue weighted by atomic mass is 9.89. The Morgan fingerprint density at radius 2 is 1.53 bits per heavy atom. The Kier molecular flexibility index (Phi) is 7.89. The third kappa shape index (κ3) is 6.24. The minimum Gasteiger partial charge on any atom is -0.497 e. The van der Waals surface area contributed by atoms with Gasteiger partial charge >= 0.3 is 12.1 Å². The van der Waals surface area contributed by atoms with E-state index >= 15 is 0 Å². The highest BCUT2D eigenvalue weighted by molar-refractivity contribution is 6.00. The number of hydrogen-bond donors (Lipinski definition) is 3. The molecule has 1 fully saturated rings. The number of aryl methyl sites for hydroxylation is 1. The molecule has 4 rings (SSSR count). The van der Waals surface area contributed by atoms with Crippen molar-refractivity contribution in [1.29, 1.82) is 0 Å². The number of carbonyl (C=O) groups is 2. The minimum absolute atomic E-state index is 0.116. The van der Waals surface area contributed by atoms with Crippen molar-refractivity contribution in [2.45, 2.75) is 25.7 Å². The van der Waals surface area contributed by atoms with Gasteiger partial charge in [-0.25, -0.2) is 14.6 Å². The first kappa shape index (κ1) is 24.8. The normalized spacial score (nSPS) is 13.6. The summed E-state index contributed by atoms with van der Waals surface area (Å²) in [6.07, 6.45) is 3.42. The molecule has 9 heteroatoms. The molecule has 0 spiro atoms. The summed E-state index contributed by atoms with van der Waals surface area (Å²) < 4.78 is 10.5. The van der Waals surface area contributed by atoms with Crippen LogP contribution in [0.4, 0.5) is 26.8 Å². The molecule has 0 radical (unpaired) electrons. The Morgan fingerprint density at radius 1 is 0.889 bits per heavy atom. The first-order valence-corrected chi connectivity index (χ1v) is 11.8. The maximum atomic E-state index is 12.6. The van der Waals surface area contributed by atoms with Crippen LogP contribution in [0.25, 0.3) is 0 Å². The van der Waals surface area contributed by atoms with Crippen LogP contribution in [0.5, 0.6) is 11.5 Å². The molecule has 0 aliphatic carbocycles. The number of likely N-dealkylation sites (tertiary alicyclic amines) is 1. The summed E-state index contributed by atoms with van der Waals surface area (Å²) in [6, 6.07) is 16.3. The second-order valence-electron chi connectivity index (χ2n) is 8.66. The third-order valence-corrected chi connectivity index (χ3v) is 6.27. The molecule has 36 heavy (non-hydrogen) atoms. The number of anilines is 3.